The van der Waals surface area contributed by atoms with Gasteiger partial charge in [-0.15, -0.1) is 0 Å². The van der Waals surface area contributed by atoms with Crippen LogP contribution in [0.2, 0.25) is 0 Å². The summed E-state index contributed by atoms with van der Waals surface area (Å²) in [4.78, 5) is 10.0. The number of carbonyl (C=O) groups excluding carboxylic acids is 1. The number of aliphatic hydroxyl groups excluding tert-OH is 1. The van der Waals surface area contributed by atoms with Crippen molar-refractivity contribution in [1.82, 2.24) is 0 Å². The van der Waals surface area contributed by atoms with Gasteiger partial charge in [0.1, 0.15) is 0 Å². The molecule has 13 heavy (non-hydrogen) atoms. The fourth-order valence-corrected chi connectivity index (χ4v) is 0.805. The molecule has 0 aliphatic rings. The average Bonchev–Trinajstić information content (AvgIpc) is 2.01. The first-order valence-electron chi connectivity index (χ1n) is 4.30. The SMILES string of the molecule is CC(C)=CCC(C)(C)C(O)OC=O. The van der Waals surface area contributed by atoms with Gasteiger partial charge in [0, 0.05) is 5.41 Å². The first kappa shape index (κ1) is 12.2. The fraction of sp³-hybridized carbons (Fsp3) is 0.700. The fourth-order valence-electron chi connectivity index (χ4n) is 0.805. The summed E-state index contributed by atoms with van der Waals surface area (Å²) in [6, 6.07) is 0. The van der Waals surface area contributed by atoms with Crippen LogP contribution >= 0.6 is 0 Å². The standard InChI is InChI=1S/C10H18O3/c1-8(2)5-6-10(3,4)9(12)13-7-11/h5,7,9,12H,6H2,1-4H3. The second kappa shape index (κ2) is 5.02. The van der Waals surface area contributed by atoms with Gasteiger partial charge in [0.25, 0.3) is 6.47 Å². The second-order valence-corrected chi connectivity index (χ2v) is 4.06. The number of allylic oxidation sites excluding steroid dienone is 2. The van der Waals surface area contributed by atoms with Gasteiger partial charge in [0.2, 0.25) is 6.29 Å². The highest BCUT2D eigenvalue weighted by molar-refractivity contribution is 5.37. The molecule has 1 unspecified atom stereocenters. The Labute approximate surface area is 79.4 Å². The Bertz CT molecular complexity index is 190. The molecule has 0 aliphatic heterocycles. The minimum atomic E-state index is -1.04. The van der Waals surface area contributed by atoms with Crippen LogP contribution in [0.15, 0.2) is 11.6 Å². The third-order valence-electron chi connectivity index (χ3n) is 1.89. The second-order valence-electron chi connectivity index (χ2n) is 4.06. The lowest BCUT2D eigenvalue weighted by Crippen LogP contribution is -2.31. The van der Waals surface area contributed by atoms with Crippen LogP contribution in [0.5, 0.6) is 0 Å². The zero-order chi connectivity index (χ0) is 10.5. The number of ether oxygens (including phenoxy) is 1. The molecule has 0 bridgehead atoms. The Hall–Kier alpha value is -0.830. The van der Waals surface area contributed by atoms with Crippen LogP contribution in [0.25, 0.3) is 0 Å². The summed E-state index contributed by atoms with van der Waals surface area (Å²) in [5.74, 6) is 0. The van der Waals surface area contributed by atoms with E-state index in [0.717, 1.165) is 0 Å². The van der Waals surface area contributed by atoms with E-state index < -0.39 is 11.7 Å². The summed E-state index contributed by atoms with van der Waals surface area (Å²) < 4.78 is 4.48. The Balaban J connectivity index is 4.20. The normalized spacial score (nSPS) is 13.3. The third-order valence-corrected chi connectivity index (χ3v) is 1.89. The number of rotatable bonds is 5. The minimum absolute atomic E-state index is 0.273. The molecule has 76 valence electrons. The van der Waals surface area contributed by atoms with Crippen molar-refractivity contribution in [3.63, 3.8) is 0 Å². The molecule has 3 nitrogen and oxygen atoms in total. The maximum absolute atomic E-state index is 10.0. The molecule has 0 heterocycles. The van der Waals surface area contributed by atoms with E-state index in [2.05, 4.69) is 4.74 Å². The van der Waals surface area contributed by atoms with Gasteiger partial charge in [0.05, 0.1) is 0 Å². The van der Waals surface area contributed by atoms with Crippen LogP contribution in [0.4, 0.5) is 0 Å². The van der Waals surface area contributed by atoms with Crippen LogP contribution in [0.1, 0.15) is 34.1 Å². The monoisotopic (exact) mass is 186 g/mol. The highest BCUT2D eigenvalue weighted by Gasteiger charge is 2.27. The van der Waals surface area contributed by atoms with E-state index in [1.807, 2.05) is 33.8 Å². The van der Waals surface area contributed by atoms with Crippen molar-refractivity contribution < 1.29 is 14.6 Å². The number of carbonyl (C=O) groups is 1. The lowest BCUT2D eigenvalue weighted by atomic mass is 9.88. The molecule has 3 heteroatoms. The molecule has 0 saturated heterocycles. The summed E-state index contributed by atoms with van der Waals surface area (Å²) >= 11 is 0. The van der Waals surface area contributed by atoms with Crippen LogP contribution in [0, 0.1) is 5.41 Å². The lowest BCUT2D eigenvalue weighted by molar-refractivity contribution is -0.173. The summed E-state index contributed by atoms with van der Waals surface area (Å²) in [5.41, 5.74) is 0.754. The van der Waals surface area contributed by atoms with E-state index in [4.69, 9.17) is 0 Å². The molecule has 0 amide bonds. The van der Waals surface area contributed by atoms with Crippen molar-refractivity contribution in [2.75, 3.05) is 0 Å². The van der Waals surface area contributed by atoms with Crippen molar-refractivity contribution in [2.45, 2.75) is 40.4 Å². The minimum Gasteiger partial charge on any atom is -0.438 e. The zero-order valence-corrected chi connectivity index (χ0v) is 8.70. The Morgan fingerprint density at radius 2 is 2.08 bits per heavy atom. The Kier molecular flexibility index (Phi) is 4.70. The summed E-state index contributed by atoms with van der Waals surface area (Å²) in [5, 5.41) is 9.41. The largest absolute Gasteiger partial charge is 0.438 e. The molecule has 0 spiro atoms. The molecule has 1 N–H and O–H groups in total. The smallest absolute Gasteiger partial charge is 0.295 e. The van der Waals surface area contributed by atoms with Crippen molar-refractivity contribution in [3.05, 3.63) is 11.6 Å². The average molecular weight is 186 g/mol. The zero-order valence-electron chi connectivity index (χ0n) is 8.70. The molecule has 0 aromatic carbocycles. The van der Waals surface area contributed by atoms with E-state index in [1.165, 1.54) is 5.57 Å². The van der Waals surface area contributed by atoms with Gasteiger partial charge < -0.3 is 9.84 Å². The van der Waals surface area contributed by atoms with Gasteiger partial charge in [-0.05, 0) is 20.3 Å². The Morgan fingerprint density at radius 1 is 1.54 bits per heavy atom. The quantitative estimate of drug-likeness (QED) is 0.405. The molecule has 1 atom stereocenters. The molecular weight excluding hydrogens is 168 g/mol. The van der Waals surface area contributed by atoms with Crippen molar-refractivity contribution in [1.29, 1.82) is 0 Å². The van der Waals surface area contributed by atoms with Crippen molar-refractivity contribution in [3.8, 4) is 0 Å². The van der Waals surface area contributed by atoms with Crippen molar-refractivity contribution in [2.24, 2.45) is 5.41 Å². The van der Waals surface area contributed by atoms with E-state index in [-0.39, 0.29) is 6.47 Å². The van der Waals surface area contributed by atoms with E-state index in [1.54, 1.807) is 0 Å². The van der Waals surface area contributed by atoms with Gasteiger partial charge in [-0.25, -0.2) is 0 Å². The van der Waals surface area contributed by atoms with Crippen LogP contribution in [0.3, 0.4) is 0 Å². The summed E-state index contributed by atoms with van der Waals surface area (Å²) in [6.45, 7) is 7.95. The topological polar surface area (TPSA) is 46.5 Å². The van der Waals surface area contributed by atoms with Crippen LogP contribution in [-0.2, 0) is 9.53 Å². The van der Waals surface area contributed by atoms with Gasteiger partial charge in [-0.2, -0.15) is 0 Å². The Morgan fingerprint density at radius 3 is 2.46 bits per heavy atom. The molecule has 0 aromatic heterocycles. The molecule has 0 aromatic rings. The molecule has 0 saturated carbocycles. The molecular formula is C10H18O3. The van der Waals surface area contributed by atoms with Gasteiger partial charge in [-0.1, -0.05) is 25.5 Å². The van der Waals surface area contributed by atoms with Gasteiger partial charge in [-0.3, -0.25) is 4.79 Å². The molecule has 0 aliphatic carbocycles. The van der Waals surface area contributed by atoms with Gasteiger partial charge >= 0.3 is 0 Å². The molecule has 0 radical (unpaired) electrons. The number of hydrogen-bond donors (Lipinski definition) is 1. The van der Waals surface area contributed by atoms with E-state index in [0.29, 0.717) is 6.42 Å². The number of hydrogen-bond acceptors (Lipinski definition) is 3. The molecule has 0 fully saturated rings. The maximum atomic E-state index is 10.0. The summed E-state index contributed by atoms with van der Waals surface area (Å²) in [6.07, 6.45) is 1.66. The first-order chi connectivity index (χ1) is 5.90. The van der Waals surface area contributed by atoms with E-state index in [9.17, 15) is 9.90 Å². The van der Waals surface area contributed by atoms with E-state index >= 15 is 0 Å². The summed E-state index contributed by atoms with van der Waals surface area (Å²) in [7, 11) is 0. The predicted octanol–water partition coefficient (Wildman–Crippen LogP) is 1.86. The first-order valence-corrected chi connectivity index (χ1v) is 4.30. The molecule has 0 rings (SSSR count). The predicted molar refractivity (Wildman–Crippen MR) is 51.0 cm³/mol. The lowest BCUT2D eigenvalue weighted by Gasteiger charge is -2.27. The number of aliphatic hydroxyl groups is 1. The van der Waals surface area contributed by atoms with Crippen LogP contribution < -0.4 is 0 Å². The third kappa shape index (κ3) is 4.68. The van der Waals surface area contributed by atoms with Crippen LogP contribution in [-0.4, -0.2) is 17.9 Å². The highest BCUT2D eigenvalue weighted by Crippen LogP contribution is 2.26. The highest BCUT2D eigenvalue weighted by atomic mass is 16.6. The van der Waals surface area contributed by atoms with Gasteiger partial charge in [0.15, 0.2) is 0 Å². The van der Waals surface area contributed by atoms with Crippen molar-refractivity contribution >= 4 is 6.47 Å². The maximum Gasteiger partial charge on any atom is 0.295 e.